The van der Waals surface area contributed by atoms with Crippen LogP contribution in [0.15, 0.2) is 16.5 Å². The van der Waals surface area contributed by atoms with Crippen LogP contribution in [0, 0.1) is 6.92 Å². The minimum atomic E-state index is 0.0953. The van der Waals surface area contributed by atoms with E-state index < -0.39 is 0 Å². The van der Waals surface area contributed by atoms with E-state index in [2.05, 4.69) is 27.7 Å². The minimum Gasteiger partial charge on any atom is -0.465 e. The summed E-state index contributed by atoms with van der Waals surface area (Å²) in [6, 6.07) is 4.04. The zero-order valence-corrected chi connectivity index (χ0v) is 10.3. The molecule has 0 saturated carbocycles. The fourth-order valence-electron chi connectivity index (χ4n) is 1.75. The Bertz CT molecular complexity index is 476. The molecular formula is C11H17N5O. The topological polar surface area (TPSA) is 68.8 Å². The van der Waals surface area contributed by atoms with Gasteiger partial charge in [-0.25, -0.2) is 0 Å². The van der Waals surface area contributed by atoms with Crippen LogP contribution in [0.2, 0.25) is 0 Å². The lowest BCUT2D eigenvalue weighted by Crippen LogP contribution is -2.23. The molecule has 0 spiro atoms. The molecule has 0 aromatic carbocycles. The summed E-state index contributed by atoms with van der Waals surface area (Å²) in [4.78, 5) is 1.46. The Labute approximate surface area is 100 Å². The van der Waals surface area contributed by atoms with Gasteiger partial charge in [-0.2, -0.15) is 4.80 Å². The lowest BCUT2D eigenvalue weighted by atomic mass is 10.1. The minimum absolute atomic E-state index is 0.0953. The lowest BCUT2D eigenvalue weighted by Gasteiger charge is -2.13. The number of tetrazole rings is 1. The molecule has 17 heavy (non-hydrogen) atoms. The second-order valence-electron chi connectivity index (χ2n) is 3.96. The van der Waals surface area contributed by atoms with Crippen LogP contribution in [0.5, 0.6) is 0 Å². The van der Waals surface area contributed by atoms with E-state index in [0.717, 1.165) is 18.1 Å². The summed E-state index contributed by atoms with van der Waals surface area (Å²) in [5.74, 6) is 2.54. The Balaban J connectivity index is 2.12. The molecule has 0 aliphatic rings. The molecule has 1 unspecified atom stereocenters. The van der Waals surface area contributed by atoms with Crippen LogP contribution >= 0.6 is 0 Å². The molecule has 92 valence electrons. The van der Waals surface area contributed by atoms with Gasteiger partial charge in [0.2, 0.25) is 0 Å². The maximum atomic E-state index is 5.63. The van der Waals surface area contributed by atoms with E-state index in [1.165, 1.54) is 4.80 Å². The highest BCUT2D eigenvalue weighted by molar-refractivity contribution is 5.11. The van der Waals surface area contributed by atoms with Gasteiger partial charge in [0.25, 0.3) is 0 Å². The molecule has 2 rings (SSSR count). The molecular weight excluding hydrogens is 218 g/mol. The number of aromatic nitrogens is 4. The van der Waals surface area contributed by atoms with E-state index in [1.54, 1.807) is 7.05 Å². The van der Waals surface area contributed by atoms with Crippen LogP contribution in [-0.4, -0.2) is 26.8 Å². The van der Waals surface area contributed by atoms with Gasteiger partial charge in [-0.05, 0) is 30.8 Å². The van der Waals surface area contributed by atoms with Gasteiger partial charge in [0.15, 0.2) is 5.82 Å². The Morgan fingerprint density at radius 3 is 2.82 bits per heavy atom. The molecule has 1 N–H and O–H groups in total. The van der Waals surface area contributed by atoms with Crippen molar-refractivity contribution >= 4 is 0 Å². The van der Waals surface area contributed by atoms with Gasteiger partial charge >= 0.3 is 0 Å². The second-order valence-corrected chi connectivity index (χ2v) is 3.96. The first-order chi connectivity index (χ1) is 8.19. The summed E-state index contributed by atoms with van der Waals surface area (Å²) >= 11 is 0. The third-order valence-electron chi connectivity index (χ3n) is 2.49. The normalized spacial score (nSPS) is 12.9. The van der Waals surface area contributed by atoms with Crippen molar-refractivity contribution in [1.82, 2.24) is 25.5 Å². The fourth-order valence-corrected chi connectivity index (χ4v) is 1.75. The van der Waals surface area contributed by atoms with Crippen LogP contribution < -0.4 is 5.32 Å². The largest absolute Gasteiger partial charge is 0.465 e. The number of aryl methyl sites for hydroxylation is 2. The quantitative estimate of drug-likeness (QED) is 0.837. The van der Waals surface area contributed by atoms with Crippen molar-refractivity contribution in [3.63, 3.8) is 0 Å². The molecule has 2 heterocycles. The van der Waals surface area contributed by atoms with E-state index in [0.29, 0.717) is 12.2 Å². The maximum absolute atomic E-state index is 5.63. The number of likely N-dealkylation sites (N-methyl/N-ethyl adjacent to an activating group) is 1. The van der Waals surface area contributed by atoms with Gasteiger partial charge in [-0.15, -0.1) is 10.2 Å². The standard InChI is InChI=1S/C11H17N5O/c1-4-12-9(10-6-5-8(2)17-10)7-11-13-15-16(3)14-11/h5-6,9,12H,4,7H2,1-3H3. The lowest BCUT2D eigenvalue weighted by molar-refractivity contribution is 0.399. The SMILES string of the molecule is CCNC(Cc1nnn(C)n1)c1ccc(C)o1. The predicted octanol–water partition coefficient (Wildman–Crippen LogP) is 1.00. The van der Waals surface area contributed by atoms with Gasteiger partial charge in [0.05, 0.1) is 13.1 Å². The smallest absolute Gasteiger partial charge is 0.176 e. The van der Waals surface area contributed by atoms with Crippen molar-refractivity contribution in [2.45, 2.75) is 26.3 Å². The Hall–Kier alpha value is -1.69. The zero-order valence-electron chi connectivity index (χ0n) is 10.3. The molecule has 0 bridgehead atoms. The third-order valence-corrected chi connectivity index (χ3v) is 2.49. The highest BCUT2D eigenvalue weighted by atomic mass is 16.3. The van der Waals surface area contributed by atoms with Crippen molar-refractivity contribution in [3.05, 3.63) is 29.5 Å². The van der Waals surface area contributed by atoms with Crippen LogP contribution in [0.1, 0.15) is 30.3 Å². The maximum Gasteiger partial charge on any atom is 0.176 e. The molecule has 0 saturated heterocycles. The summed E-state index contributed by atoms with van der Waals surface area (Å²) in [7, 11) is 1.76. The molecule has 0 amide bonds. The van der Waals surface area contributed by atoms with Crippen molar-refractivity contribution in [3.8, 4) is 0 Å². The van der Waals surface area contributed by atoms with Crippen molar-refractivity contribution in [2.75, 3.05) is 6.54 Å². The average Bonchev–Trinajstić information content (AvgIpc) is 2.87. The first-order valence-electron chi connectivity index (χ1n) is 5.71. The molecule has 0 aliphatic carbocycles. The van der Waals surface area contributed by atoms with Crippen LogP contribution in [0.3, 0.4) is 0 Å². The molecule has 0 radical (unpaired) electrons. The number of rotatable bonds is 5. The van der Waals surface area contributed by atoms with Gasteiger partial charge in [-0.1, -0.05) is 6.92 Å². The van der Waals surface area contributed by atoms with Crippen molar-refractivity contribution in [1.29, 1.82) is 0 Å². The number of hydrogen-bond acceptors (Lipinski definition) is 5. The molecule has 2 aromatic rings. The second kappa shape index (κ2) is 5.09. The summed E-state index contributed by atoms with van der Waals surface area (Å²) in [5.41, 5.74) is 0. The van der Waals surface area contributed by atoms with Gasteiger partial charge in [-0.3, -0.25) is 0 Å². The van der Waals surface area contributed by atoms with Crippen LogP contribution in [0.4, 0.5) is 0 Å². The highest BCUT2D eigenvalue weighted by Gasteiger charge is 2.17. The van der Waals surface area contributed by atoms with E-state index in [-0.39, 0.29) is 6.04 Å². The molecule has 6 heteroatoms. The Morgan fingerprint density at radius 1 is 1.47 bits per heavy atom. The van der Waals surface area contributed by atoms with Crippen LogP contribution in [-0.2, 0) is 13.5 Å². The van der Waals surface area contributed by atoms with Crippen molar-refractivity contribution < 1.29 is 4.42 Å². The number of furan rings is 1. The Morgan fingerprint density at radius 2 is 2.29 bits per heavy atom. The zero-order chi connectivity index (χ0) is 12.3. The predicted molar refractivity (Wildman–Crippen MR) is 62.4 cm³/mol. The van der Waals surface area contributed by atoms with Gasteiger partial charge in [0, 0.05) is 6.42 Å². The molecule has 2 aromatic heterocycles. The molecule has 1 atom stereocenters. The van der Waals surface area contributed by atoms with Crippen molar-refractivity contribution in [2.24, 2.45) is 7.05 Å². The van der Waals surface area contributed by atoms with E-state index in [4.69, 9.17) is 4.42 Å². The Kier molecular flexibility index (Phi) is 3.53. The average molecular weight is 235 g/mol. The highest BCUT2D eigenvalue weighted by Crippen LogP contribution is 2.19. The summed E-state index contributed by atoms with van der Waals surface area (Å²) in [5, 5.41) is 15.4. The van der Waals surface area contributed by atoms with Crippen LogP contribution in [0.25, 0.3) is 0 Å². The first-order valence-corrected chi connectivity index (χ1v) is 5.71. The number of hydrogen-bond donors (Lipinski definition) is 1. The fraction of sp³-hybridized carbons (Fsp3) is 0.545. The third kappa shape index (κ3) is 2.91. The number of nitrogens with zero attached hydrogens (tertiary/aromatic N) is 4. The monoisotopic (exact) mass is 235 g/mol. The molecule has 6 nitrogen and oxygen atoms in total. The molecule has 0 fully saturated rings. The summed E-state index contributed by atoms with van der Waals surface area (Å²) in [6.07, 6.45) is 0.675. The van der Waals surface area contributed by atoms with E-state index in [9.17, 15) is 0 Å². The molecule has 0 aliphatic heterocycles. The van der Waals surface area contributed by atoms with Gasteiger partial charge in [0.1, 0.15) is 11.5 Å². The van der Waals surface area contributed by atoms with E-state index >= 15 is 0 Å². The summed E-state index contributed by atoms with van der Waals surface area (Å²) < 4.78 is 5.63. The van der Waals surface area contributed by atoms with E-state index in [1.807, 2.05) is 19.1 Å². The number of nitrogens with one attached hydrogen (secondary N) is 1. The summed E-state index contributed by atoms with van der Waals surface area (Å²) in [6.45, 7) is 4.87. The first kappa shape index (κ1) is 11.8. The van der Waals surface area contributed by atoms with Gasteiger partial charge < -0.3 is 9.73 Å².